The summed E-state index contributed by atoms with van der Waals surface area (Å²) in [6.07, 6.45) is 1.12. The molecule has 0 N–H and O–H groups in total. The standard InChI is InChI=1S/C15H18/c1-5-13-6-7-14-11(3)8-10(2)9-12(4)15(13)14/h6-9H,5H2,1-4H3. The molecular formula is C15H18. The molecule has 0 unspecified atom stereocenters. The highest BCUT2D eigenvalue weighted by Crippen LogP contribution is 2.33. The van der Waals surface area contributed by atoms with Gasteiger partial charge in [-0.3, -0.25) is 0 Å². The van der Waals surface area contributed by atoms with Gasteiger partial charge in [-0.25, -0.2) is 0 Å². The van der Waals surface area contributed by atoms with Gasteiger partial charge in [-0.15, -0.1) is 0 Å². The van der Waals surface area contributed by atoms with Crippen LogP contribution in [0.15, 0.2) is 24.3 Å². The number of fused-ring (bicyclic) bond motifs is 1. The van der Waals surface area contributed by atoms with Gasteiger partial charge in [0.05, 0.1) is 0 Å². The van der Waals surface area contributed by atoms with Crippen molar-refractivity contribution < 1.29 is 0 Å². The fourth-order valence-corrected chi connectivity index (χ4v) is 2.49. The second kappa shape index (κ2) is 3.69. The van der Waals surface area contributed by atoms with Crippen LogP contribution in [-0.4, -0.2) is 0 Å². The maximum atomic E-state index is 2.29. The fraction of sp³-hybridized carbons (Fsp3) is 0.333. The topological polar surface area (TPSA) is 0 Å². The van der Waals surface area contributed by atoms with E-state index in [0.29, 0.717) is 0 Å². The van der Waals surface area contributed by atoms with E-state index in [4.69, 9.17) is 0 Å². The molecule has 0 saturated carbocycles. The highest BCUT2D eigenvalue weighted by Gasteiger charge is 2.12. The summed E-state index contributed by atoms with van der Waals surface area (Å²) in [4.78, 5) is 0. The molecule has 0 amide bonds. The lowest BCUT2D eigenvalue weighted by Gasteiger charge is -2.03. The third-order valence-corrected chi connectivity index (χ3v) is 3.13. The zero-order chi connectivity index (χ0) is 11.0. The van der Waals surface area contributed by atoms with E-state index in [1.807, 2.05) is 0 Å². The summed E-state index contributed by atoms with van der Waals surface area (Å²) in [5, 5.41) is 0. The van der Waals surface area contributed by atoms with Gasteiger partial charge >= 0.3 is 0 Å². The SMILES string of the molecule is CCc1ccc2c(C)cc(C)cc(C)c1-2. The van der Waals surface area contributed by atoms with Crippen LogP contribution < -0.4 is 0 Å². The Balaban J connectivity index is 2.82. The average molecular weight is 198 g/mol. The highest BCUT2D eigenvalue weighted by molar-refractivity contribution is 5.76. The molecule has 0 aromatic rings. The average Bonchev–Trinajstić information content (AvgIpc) is 2.55. The van der Waals surface area contributed by atoms with Crippen LogP contribution in [0.4, 0.5) is 0 Å². The predicted molar refractivity (Wildman–Crippen MR) is 66.7 cm³/mol. The Hall–Kier alpha value is -1.30. The molecule has 0 aromatic heterocycles. The molecule has 2 rings (SSSR count). The molecular weight excluding hydrogens is 180 g/mol. The summed E-state index contributed by atoms with van der Waals surface area (Å²) in [6, 6.07) is 9.08. The first-order valence-corrected chi connectivity index (χ1v) is 5.63. The normalized spacial score (nSPS) is 10.9. The molecule has 0 saturated heterocycles. The van der Waals surface area contributed by atoms with E-state index in [9.17, 15) is 0 Å². The van der Waals surface area contributed by atoms with Crippen LogP contribution >= 0.6 is 0 Å². The van der Waals surface area contributed by atoms with Crippen molar-refractivity contribution in [1.82, 2.24) is 0 Å². The van der Waals surface area contributed by atoms with E-state index < -0.39 is 0 Å². The lowest BCUT2D eigenvalue weighted by molar-refractivity contribution is 1.15. The predicted octanol–water partition coefficient (Wildman–Crippen LogP) is 4.28. The first kappa shape index (κ1) is 10.2. The van der Waals surface area contributed by atoms with Crippen molar-refractivity contribution in [2.24, 2.45) is 0 Å². The minimum Gasteiger partial charge on any atom is -0.0613 e. The van der Waals surface area contributed by atoms with E-state index in [0.717, 1.165) is 6.42 Å². The van der Waals surface area contributed by atoms with Gasteiger partial charge in [0.2, 0.25) is 0 Å². The molecule has 0 atom stereocenters. The number of aryl methyl sites for hydroxylation is 4. The Morgan fingerprint density at radius 1 is 0.933 bits per heavy atom. The molecule has 0 fully saturated rings. The monoisotopic (exact) mass is 198 g/mol. The van der Waals surface area contributed by atoms with E-state index >= 15 is 0 Å². The van der Waals surface area contributed by atoms with E-state index in [2.05, 4.69) is 52.0 Å². The van der Waals surface area contributed by atoms with Crippen LogP contribution in [0.3, 0.4) is 0 Å². The van der Waals surface area contributed by atoms with Crippen molar-refractivity contribution >= 4 is 0 Å². The Bertz CT molecular complexity index is 466. The van der Waals surface area contributed by atoms with Gasteiger partial charge in [0, 0.05) is 0 Å². The van der Waals surface area contributed by atoms with Crippen LogP contribution in [0, 0.1) is 20.8 Å². The van der Waals surface area contributed by atoms with Crippen molar-refractivity contribution in [1.29, 1.82) is 0 Å². The zero-order valence-electron chi connectivity index (χ0n) is 10.0. The molecule has 0 radical (unpaired) electrons. The molecule has 2 aliphatic carbocycles. The van der Waals surface area contributed by atoms with Gasteiger partial charge in [0.25, 0.3) is 0 Å². The Morgan fingerprint density at radius 3 is 2.27 bits per heavy atom. The van der Waals surface area contributed by atoms with Gasteiger partial charge in [0.1, 0.15) is 0 Å². The third kappa shape index (κ3) is 1.65. The molecule has 78 valence electrons. The van der Waals surface area contributed by atoms with Crippen LogP contribution in [0.2, 0.25) is 0 Å². The first-order chi connectivity index (χ1) is 7.13. The number of hydrogen-bond acceptors (Lipinski definition) is 0. The minimum atomic E-state index is 1.12. The summed E-state index contributed by atoms with van der Waals surface area (Å²) in [5.41, 5.74) is 8.48. The van der Waals surface area contributed by atoms with E-state index in [-0.39, 0.29) is 0 Å². The molecule has 0 nitrogen and oxygen atoms in total. The zero-order valence-corrected chi connectivity index (χ0v) is 10.0. The first-order valence-electron chi connectivity index (χ1n) is 5.63. The molecule has 2 aliphatic rings. The van der Waals surface area contributed by atoms with Gasteiger partial charge < -0.3 is 0 Å². The Morgan fingerprint density at radius 2 is 1.60 bits per heavy atom. The van der Waals surface area contributed by atoms with Crippen molar-refractivity contribution in [2.45, 2.75) is 34.1 Å². The number of hydrogen-bond donors (Lipinski definition) is 0. The second-order valence-corrected chi connectivity index (χ2v) is 4.40. The van der Waals surface area contributed by atoms with Gasteiger partial charge in [-0.05, 0) is 55.0 Å². The highest BCUT2D eigenvalue weighted by atomic mass is 14.2. The number of rotatable bonds is 1. The van der Waals surface area contributed by atoms with Gasteiger partial charge in [-0.2, -0.15) is 0 Å². The summed E-state index contributed by atoms with van der Waals surface area (Å²) in [7, 11) is 0. The smallest absolute Gasteiger partial charge is 0.0120 e. The minimum absolute atomic E-state index is 1.12. The van der Waals surface area contributed by atoms with Crippen LogP contribution in [-0.2, 0) is 6.42 Å². The second-order valence-electron chi connectivity index (χ2n) is 4.40. The van der Waals surface area contributed by atoms with Crippen molar-refractivity contribution in [3.63, 3.8) is 0 Å². The van der Waals surface area contributed by atoms with Crippen molar-refractivity contribution in [2.75, 3.05) is 0 Å². The Labute approximate surface area is 92.3 Å². The van der Waals surface area contributed by atoms with Crippen molar-refractivity contribution in [3.05, 3.63) is 46.5 Å². The molecule has 0 heteroatoms. The Kier molecular flexibility index (Phi) is 2.52. The van der Waals surface area contributed by atoms with Gasteiger partial charge in [0.15, 0.2) is 0 Å². The molecule has 0 heterocycles. The molecule has 0 bridgehead atoms. The summed E-state index contributed by atoms with van der Waals surface area (Å²) < 4.78 is 0. The summed E-state index contributed by atoms with van der Waals surface area (Å²) in [5.74, 6) is 0. The lowest BCUT2D eigenvalue weighted by Crippen LogP contribution is -1.83. The quantitative estimate of drug-likeness (QED) is 0.641. The maximum absolute atomic E-state index is 2.29. The molecule has 0 aliphatic heterocycles. The lowest BCUT2D eigenvalue weighted by atomic mass is 10.0. The third-order valence-electron chi connectivity index (χ3n) is 3.13. The molecule has 0 aromatic carbocycles. The molecule has 0 spiro atoms. The fourth-order valence-electron chi connectivity index (χ4n) is 2.49. The van der Waals surface area contributed by atoms with E-state index in [1.54, 1.807) is 0 Å². The largest absolute Gasteiger partial charge is 0.0613 e. The van der Waals surface area contributed by atoms with Crippen LogP contribution in [0.25, 0.3) is 11.1 Å². The maximum Gasteiger partial charge on any atom is -0.0120 e. The van der Waals surface area contributed by atoms with Crippen LogP contribution in [0.1, 0.15) is 29.2 Å². The van der Waals surface area contributed by atoms with E-state index in [1.165, 1.54) is 33.4 Å². The van der Waals surface area contributed by atoms with Gasteiger partial charge in [-0.1, -0.05) is 36.8 Å². The summed E-state index contributed by atoms with van der Waals surface area (Å²) in [6.45, 7) is 8.82. The summed E-state index contributed by atoms with van der Waals surface area (Å²) >= 11 is 0. The van der Waals surface area contributed by atoms with Crippen molar-refractivity contribution in [3.8, 4) is 11.1 Å². The molecule has 15 heavy (non-hydrogen) atoms. The van der Waals surface area contributed by atoms with Crippen LogP contribution in [0.5, 0.6) is 0 Å².